The molecule has 0 aliphatic carbocycles. The van der Waals surface area contributed by atoms with E-state index >= 15 is 0 Å². The monoisotopic (exact) mass is 349 g/mol. The smallest absolute Gasteiger partial charge is 0.254 e. The van der Waals surface area contributed by atoms with E-state index in [1.165, 1.54) is 0 Å². The first-order valence-corrected chi connectivity index (χ1v) is 8.68. The zero-order valence-electron chi connectivity index (χ0n) is 15.1. The Kier molecular flexibility index (Phi) is 5.69. The summed E-state index contributed by atoms with van der Waals surface area (Å²) in [7, 11) is 1.65. The molecule has 3 aromatic rings. The molecule has 0 aliphatic heterocycles. The van der Waals surface area contributed by atoms with Crippen molar-refractivity contribution in [2.45, 2.75) is 20.0 Å². The van der Waals surface area contributed by atoms with Crippen molar-refractivity contribution in [2.24, 2.45) is 0 Å². The first kappa shape index (κ1) is 17.7. The van der Waals surface area contributed by atoms with Gasteiger partial charge in [0.05, 0.1) is 13.7 Å². The number of methoxy groups -OCH3 is 1. The number of hydrogen-bond acceptors (Lipinski definition) is 3. The number of nitrogens with zero attached hydrogens (tertiary/aromatic N) is 3. The first-order chi connectivity index (χ1) is 12.7. The maximum absolute atomic E-state index is 12.8. The fourth-order valence-electron chi connectivity index (χ4n) is 2.79. The van der Waals surface area contributed by atoms with Crippen molar-refractivity contribution in [3.8, 4) is 5.75 Å². The van der Waals surface area contributed by atoms with E-state index in [1.54, 1.807) is 13.3 Å². The number of carbonyl (C=O) groups is 1. The minimum atomic E-state index is 0.0361. The Bertz CT molecular complexity index is 825. The molecule has 0 saturated carbocycles. The Hall–Kier alpha value is -3.08. The number of hydrogen-bond donors (Lipinski definition) is 0. The van der Waals surface area contributed by atoms with Gasteiger partial charge in [-0.05, 0) is 48.4 Å². The highest BCUT2D eigenvalue weighted by atomic mass is 16.5. The van der Waals surface area contributed by atoms with E-state index in [0.29, 0.717) is 25.2 Å². The van der Waals surface area contributed by atoms with E-state index in [4.69, 9.17) is 4.74 Å². The lowest BCUT2D eigenvalue weighted by Crippen LogP contribution is -2.30. The van der Waals surface area contributed by atoms with Crippen LogP contribution in [0.15, 0.2) is 67.0 Å². The second-order valence-electron chi connectivity index (χ2n) is 6.07. The Morgan fingerprint density at radius 1 is 1.08 bits per heavy atom. The maximum atomic E-state index is 12.8. The number of benzene rings is 2. The van der Waals surface area contributed by atoms with E-state index in [9.17, 15) is 4.79 Å². The molecule has 0 spiro atoms. The number of ether oxygens (including phenoxy) is 1. The van der Waals surface area contributed by atoms with Gasteiger partial charge in [0.1, 0.15) is 5.75 Å². The lowest BCUT2D eigenvalue weighted by molar-refractivity contribution is 0.0752. The molecule has 0 N–H and O–H groups in total. The average Bonchev–Trinajstić information content (AvgIpc) is 3.19. The molecule has 5 nitrogen and oxygen atoms in total. The normalized spacial score (nSPS) is 10.5. The molecule has 134 valence electrons. The molecule has 0 saturated heterocycles. The van der Waals surface area contributed by atoms with Gasteiger partial charge in [0, 0.05) is 31.0 Å². The SMILES string of the molecule is CCN(Cc1ccc(OC)cc1)C(=O)c1ccc(Cn2cccn2)cc1. The van der Waals surface area contributed by atoms with Crippen LogP contribution in [-0.2, 0) is 13.1 Å². The number of carbonyl (C=O) groups excluding carboxylic acids is 1. The molecular formula is C21H23N3O2. The summed E-state index contributed by atoms with van der Waals surface area (Å²) in [5.74, 6) is 0.852. The van der Waals surface area contributed by atoms with E-state index in [0.717, 1.165) is 16.9 Å². The summed E-state index contributed by atoms with van der Waals surface area (Å²) in [6.45, 7) is 3.92. The number of rotatable bonds is 7. The summed E-state index contributed by atoms with van der Waals surface area (Å²) in [5.41, 5.74) is 2.89. The van der Waals surface area contributed by atoms with Gasteiger partial charge in [-0.1, -0.05) is 24.3 Å². The number of aromatic nitrogens is 2. The predicted octanol–water partition coefficient (Wildman–Crippen LogP) is 3.60. The maximum Gasteiger partial charge on any atom is 0.254 e. The van der Waals surface area contributed by atoms with Gasteiger partial charge >= 0.3 is 0 Å². The van der Waals surface area contributed by atoms with E-state index in [1.807, 2.05) is 77.3 Å². The zero-order valence-corrected chi connectivity index (χ0v) is 15.1. The molecule has 0 fully saturated rings. The molecule has 0 aliphatic rings. The lowest BCUT2D eigenvalue weighted by Gasteiger charge is -2.21. The predicted molar refractivity (Wildman–Crippen MR) is 101 cm³/mol. The van der Waals surface area contributed by atoms with Crippen LogP contribution in [0.25, 0.3) is 0 Å². The van der Waals surface area contributed by atoms with Crippen molar-refractivity contribution in [1.29, 1.82) is 0 Å². The van der Waals surface area contributed by atoms with Crippen LogP contribution in [0.1, 0.15) is 28.4 Å². The Morgan fingerprint density at radius 3 is 2.35 bits per heavy atom. The first-order valence-electron chi connectivity index (χ1n) is 8.68. The van der Waals surface area contributed by atoms with Crippen LogP contribution in [0.3, 0.4) is 0 Å². The summed E-state index contributed by atoms with van der Waals surface area (Å²) in [6.07, 6.45) is 3.68. The van der Waals surface area contributed by atoms with E-state index < -0.39 is 0 Å². The topological polar surface area (TPSA) is 47.4 Å². The average molecular weight is 349 g/mol. The molecule has 5 heteroatoms. The van der Waals surface area contributed by atoms with Gasteiger partial charge < -0.3 is 9.64 Å². The van der Waals surface area contributed by atoms with Crippen molar-refractivity contribution in [2.75, 3.05) is 13.7 Å². The van der Waals surface area contributed by atoms with Crippen LogP contribution in [0, 0.1) is 0 Å². The van der Waals surface area contributed by atoms with E-state index in [-0.39, 0.29) is 5.91 Å². The molecular weight excluding hydrogens is 326 g/mol. The standard InChI is InChI=1S/C21H23N3O2/c1-3-23(15-17-7-11-20(26-2)12-8-17)21(25)19-9-5-18(6-10-19)16-24-14-4-13-22-24/h4-14H,3,15-16H2,1-2H3. The van der Waals surface area contributed by atoms with Crippen LogP contribution in [-0.4, -0.2) is 34.2 Å². The molecule has 3 rings (SSSR count). The van der Waals surface area contributed by atoms with Crippen LogP contribution < -0.4 is 4.74 Å². The van der Waals surface area contributed by atoms with Crippen LogP contribution in [0.5, 0.6) is 5.75 Å². The molecule has 0 radical (unpaired) electrons. The molecule has 0 bridgehead atoms. The van der Waals surface area contributed by atoms with Crippen molar-refractivity contribution in [1.82, 2.24) is 14.7 Å². The van der Waals surface area contributed by atoms with Crippen molar-refractivity contribution in [3.05, 3.63) is 83.7 Å². The highest BCUT2D eigenvalue weighted by Gasteiger charge is 2.14. The zero-order chi connectivity index (χ0) is 18.4. The second kappa shape index (κ2) is 8.34. The molecule has 1 aromatic heterocycles. The van der Waals surface area contributed by atoms with Crippen molar-refractivity contribution < 1.29 is 9.53 Å². The van der Waals surface area contributed by atoms with Gasteiger partial charge in [-0.3, -0.25) is 9.48 Å². The summed E-state index contributed by atoms with van der Waals surface area (Å²) in [4.78, 5) is 14.7. The quantitative estimate of drug-likeness (QED) is 0.655. The third-order valence-electron chi connectivity index (χ3n) is 4.31. The van der Waals surface area contributed by atoms with Crippen LogP contribution in [0.2, 0.25) is 0 Å². The third-order valence-corrected chi connectivity index (χ3v) is 4.31. The summed E-state index contributed by atoms with van der Waals surface area (Å²) in [6, 6.07) is 17.4. The third kappa shape index (κ3) is 4.30. The minimum absolute atomic E-state index is 0.0361. The van der Waals surface area contributed by atoms with Gasteiger partial charge in [0.25, 0.3) is 5.91 Å². The Balaban J connectivity index is 1.67. The fraction of sp³-hybridized carbons (Fsp3) is 0.238. The van der Waals surface area contributed by atoms with Gasteiger partial charge in [0.15, 0.2) is 0 Å². The summed E-state index contributed by atoms with van der Waals surface area (Å²) in [5, 5.41) is 4.20. The van der Waals surface area contributed by atoms with Crippen molar-refractivity contribution >= 4 is 5.91 Å². The van der Waals surface area contributed by atoms with Crippen LogP contribution >= 0.6 is 0 Å². The highest BCUT2D eigenvalue weighted by Crippen LogP contribution is 2.15. The van der Waals surface area contributed by atoms with Gasteiger partial charge in [-0.25, -0.2) is 0 Å². The van der Waals surface area contributed by atoms with E-state index in [2.05, 4.69) is 5.10 Å². The van der Waals surface area contributed by atoms with Crippen molar-refractivity contribution in [3.63, 3.8) is 0 Å². The molecule has 26 heavy (non-hydrogen) atoms. The van der Waals surface area contributed by atoms with Gasteiger partial charge in [0.2, 0.25) is 0 Å². The largest absolute Gasteiger partial charge is 0.497 e. The molecule has 0 unspecified atom stereocenters. The fourth-order valence-corrected chi connectivity index (χ4v) is 2.79. The van der Waals surface area contributed by atoms with Crippen LogP contribution in [0.4, 0.5) is 0 Å². The molecule has 1 amide bonds. The molecule has 1 heterocycles. The second-order valence-corrected chi connectivity index (χ2v) is 6.07. The Morgan fingerprint density at radius 2 is 1.77 bits per heavy atom. The summed E-state index contributed by atoms with van der Waals surface area (Å²) >= 11 is 0. The van der Waals surface area contributed by atoms with Gasteiger partial charge in [-0.15, -0.1) is 0 Å². The Labute approximate surface area is 153 Å². The molecule has 2 aromatic carbocycles. The summed E-state index contributed by atoms with van der Waals surface area (Å²) < 4.78 is 7.04. The number of amides is 1. The molecule has 0 atom stereocenters. The highest BCUT2D eigenvalue weighted by molar-refractivity contribution is 5.94. The van der Waals surface area contributed by atoms with Gasteiger partial charge in [-0.2, -0.15) is 5.10 Å². The minimum Gasteiger partial charge on any atom is -0.497 e. The lowest BCUT2D eigenvalue weighted by atomic mass is 10.1.